The number of piperidine rings is 1. The van der Waals surface area contributed by atoms with Gasteiger partial charge in [0.1, 0.15) is 5.60 Å². The van der Waals surface area contributed by atoms with E-state index in [1.807, 2.05) is 27.7 Å². The average molecular weight is 370 g/mol. The van der Waals surface area contributed by atoms with Crippen LogP contribution in [0, 0.1) is 11.8 Å². The Kier molecular flexibility index (Phi) is 10.0. The van der Waals surface area contributed by atoms with Gasteiger partial charge < -0.3 is 14.4 Å². The Labute approximate surface area is 159 Å². The van der Waals surface area contributed by atoms with Crippen LogP contribution in [0.5, 0.6) is 0 Å². The molecule has 26 heavy (non-hydrogen) atoms. The molecule has 0 saturated carbocycles. The van der Waals surface area contributed by atoms with Crippen LogP contribution < -0.4 is 0 Å². The molecule has 1 unspecified atom stereocenters. The van der Waals surface area contributed by atoms with E-state index in [0.717, 1.165) is 19.3 Å². The summed E-state index contributed by atoms with van der Waals surface area (Å²) in [4.78, 5) is 26.4. The molecule has 152 valence electrons. The number of nitrogens with zero attached hydrogens (tertiary/aromatic N) is 1. The zero-order valence-electron chi connectivity index (χ0n) is 17.5. The van der Waals surface area contributed by atoms with E-state index in [9.17, 15) is 9.59 Å². The fourth-order valence-electron chi connectivity index (χ4n) is 3.53. The standard InChI is InChI=1S/C21H39NO4/c1-6-8-9-10-11-12-13-17-14-18(19(23)25-7-2)16-22(15-17)20(24)26-21(3,4)5/h17-18H,6-16H2,1-5H3/t17?,18-/m0/s1. The normalized spacial score (nSPS) is 20.7. The van der Waals surface area contributed by atoms with Gasteiger partial charge in [0.05, 0.1) is 12.5 Å². The van der Waals surface area contributed by atoms with Gasteiger partial charge in [0.15, 0.2) is 0 Å². The maximum Gasteiger partial charge on any atom is 0.410 e. The molecule has 1 aliphatic heterocycles. The van der Waals surface area contributed by atoms with Gasteiger partial charge in [-0.15, -0.1) is 0 Å². The highest BCUT2D eigenvalue weighted by Gasteiger charge is 2.36. The summed E-state index contributed by atoms with van der Waals surface area (Å²) in [5.74, 6) is -0.0770. The lowest BCUT2D eigenvalue weighted by atomic mass is 9.86. The van der Waals surface area contributed by atoms with E-state index in [1.165, 1.54) is 32.1 Å². The number of carbonyl (C=O) groups is 2. The summed E-state index contributed by atoms with van der Waals surface area (Å²) in [5, 5.41) is 0. The van der Waals surface area contributed by atoms with Gasteiger partial charge in [-0.05, 0) is 46.5 Å². The van der Waals surface area contributed by atoms with Crippen LogP contribution in [0.25, 0.3) is 0 Å². The number of hydrogen-bond acceptors (Lipinski definition) is 4. The van der Waals surface area contributed by atoms with Crippen molar-refractivity contribution < 1.29 is 19.1 Å². The number of ether oxygens (including phenoxy) is 2. The molecule has 1 saturated heterocycles. The number of unbranched alkanes of at least 4 members (excludes halogenated alkanes) is 5. The van der Waals surface area contributed by atoms with E-state index < -0.39 is 5.60 Å². The monoisotopic (exact) mass is 369 g/mol. The van der Waals surface area contributed by atoms with Gasteiger partial charge in [0.25, 0.3) is 0 Å². The molecule has 0 aliphatic carbocycles. The van der Waals surface area contributed by atoms with Crippen molar-refractivity contribution in [3.8, 4) is 0 Å². The van der Waals surface area contributed by atoms with Crippen molar-refractivity contribution >= 4 is 12.1 Å². The summed E-state index contributed by atoms with van der Waals surface area (Å²) in [6, 6.07) is 0. The summed E-state index contributed by atoms with van der Waals surface area (Å²) < 4.78 is 10.7. The topological polar surface area (TPSA) is 55.8 Å². The summed E-state index contributed by atoms with van der Waals surface area (Å²) in [6.07, 6.45) is 9.08. The van der Waals surface area contributed by atoms with E-state index in [0.29, 0.717) is 25.6 Å². The summed E-state index contributed by atoms with van der Waals surface area (Å²) in [7, 11) is 0. The Morgan fingerprint density at radius 3 is 2.27 bits per heavy atom. The van der Waals surface area contributed by atoms with Gasteiger partial charge in [0, 0.05) is 13.1 Å². The van der Waals surface area contributed by atoms with Gasteiger partial charge in [-0.3, -0.25) is 4.79 Å². The van der Waals surface area contributed by atoms with Crippen LogP contribution in [-0.2, 0) is 14.3 Å². The summed E-state index contributed by atoms with van der Waals surface area (Å²) >= 11 is 0. The molecule has 1 heterocycles. The molecule has 0 radical (unpaired) electrons. The van der Waals surface area contributed by atoms with Crippen molar-refractivity contribution in [3.05, 3.63) is 0 Å². The minimum Gasteiger partial charge on any atom is -0.466 e. The minimum absolute atomic E-state index is 0.186. The first-order valence-electron chi connectivity index (χ1n) is 10.4. The van der Waals surface area contributed by atoms with Crippen LogP contribution in [0.2, 0.25) is 0 Å². The second kappa shape index (κ2) is 11.5. The van der Waals surface area contributed by atoms with E-state index in [2.05, 4.69) is 6.92 Å². The third kappa shape index (κ3) is 8.91. The molecule has 0 aromatic heterocycles. The predicted octanol–water partition coefficient (Wildman–Crippen LogP) is 5.17. The van der Waals surface area contributed by atoms with Gasteiger partial charge in [-0.25, -0.2) is 4.79 Å². The first-order chi connectivity index (χ1) is 12.3. The van der Waals surface area contributed by atoms with Crippen LogP contribution in [0.3, 0.4) is 0 Å². The molecular weight excluding hydrogens is 330 g/mol. The molecule has 1 fully saturated rings. The number of likely N-dealkylation sites (tertiary alicyclic amines) is 1. The SMILES string of the molecule is CCCCCCCCC1C[C@H](C(=O)OCC)CN(C(=O)OC(C)(C)C)C1. The van der Waals surface area contributed by atoms with Crippen molar-refractivity contribution in [2.24, 2.45) is 11.8 Å². The van der Waals surface area contributed by atoms with E-state index in [-0.39, 0.29) is 18.0 Å². The number of carbonyl (C=O) groups excluding carboxylic acids is 2. The lowest BCUT2D eigenvalue weighted by Gasteiger charge is -2.37. The zero-order valence-corrected chi connectivity index (χ0v) is 17.5. The summed E-state index contributed by atoms with van der Waals surface area (Å²) in [5.41, 5.74) is -0.525. The Morgan fingerprint density at radius 2 is 1.65 bits per heavy atom. The first-order valence-corrected chi connectivity index (χ1v) is 10.4. The Balaban J connectivity index is 2.59. The molecule has 0 bridgehead atoms. The molecule has 0 spiro atoms. The number of esters is 1. The predicted molar refractivity (Wildman–Crippen MR) is 104 cm³/mol. The second-order valence-corrected chi connectivity index (χ2v) is 8.49. The molecule has 2 atom stereocenters. The third-order valence-corrected chi connectivity index (χ3v) is 4.77. The van der Waals surface area contributed by atoms with Crippen LogP contribution in [0.4, 0.5) is 4.79 Å². The summed E-state index contributed by atoms with van der Waals surface area (Å²) in [6.45, 7) is 11.1. The second-order valence-electron chi connectivity index (χ2n) is 8.49. The highest BCUT2D eigenvalue weighted by atomic mass is 16.6. The Bertz CT molecular complexity index is 430. The van der Waals surface area contributed by atoms with Crippen molar-refractivity contribution in [1.82, 2.24) is 4.90 Å². The van der Waals surface area contributed by atoms with Crippen molar-refractivity contribution in [1.29, 1.82) is 0 Å². The minimum atomic E-state index is -0.525. The van der Waals surface area contributed by atoms with Crippen molar-refractivity contribution in [2.45, 2.75) is 91.6 Å². The number of rotatable bonds is 9. The van der Waals surface area contributed by atoms with Gasteiger partial charge >= 0.3 is 12.1 Å². The molecule has 5 heteroatoms. The molecular formula is C21H39NO4. The van der Waals surface area contributed by atoms with Crippen LogP contribution >= 0.6 is 0 Å². The van der Waals surface area contributed by atoms with E-state index in [4.69, 9.17) is 9.47 Å². The molecule has 0 N–H and O–H groups in total. The molecule has 1 amide bonds. The van der Waals surface area contributed by atoms with Crippen LogP contribution in [0.1, 0.15) is 86.0 Å². The maximum absolute atomic E-state index is 12.5. The maximum atomic E-state index is 12.5. The molecule has 1 rings (SSSR count). The zero-order chi connectivity index (χ0) is 19.6. The fraction of sp³-hybridized carbons (Fsp3) is 0.905. The van der Waals surface area contributed by atoms with Gasteiger partial charge in [0.2, 0.25) is 0 Å². The first kappa shape index (κ1) is 22.8. The molecule has 1 aliphatic rings. The molecule has 0 aromatic carbocycles. The van der Waals surface area contributed by atoms with Gasteiger partial charge in [-0.1, -0.05) is 45.4 Å². The lowest BCUT2D eigenvalue weighted by molar-refractivity contribution is -0.150. The van der Waals surface area contributed by atoms with Crippen molar-refractivity contribution in [2.75, 3.05) is 19.7 Å². The highest BCUT2D eigenvalue weighted by molar-refractivity contribution is 5.75. The number of amides is 1. The van der Waals surface area contributed by atoms with Crippen LogP contribution in [-0.4, -0.2) is 42.3 Å². The average Bonchev–Trinajstić information content (AvgIpc) is 2.56. The molecule has 5 nitrogen and oxygen atoms in total. The van der Waals surface area contributed by atoms with Crippen LogP contribution in [0.15, 0.2) is 0 Å². The highest BCUT2D eigenvalue weighted by Crippen LogP contribution is 2.28. The lowest BCUT2D eigenvalue weighted by Crippen LogP contribution is -2.48. The van der Waals surface area contributed by atoms with E-state index in [1.54, 1.807) is 4.90 Å². The smallest absolute Gasteiger partial charge is 0.410 e. The quantitative estimate of drug-likeness (QED) is 0.415. The van der Waals surface area contributed by atoms with Gasteiger partial charge in [-0.2, -0.15) is 0 Å². The molecule has 0 aromatic rings. The Morgan fingerprint density at radius 1 is 1.00 bits per heavy atom. The van der Waals surface area contributed by atoms with Crippen molar-refractivity contribution in [3.63, 3.8) is 0 Å². The third-order valence-electron chi connectivity index (χ3n) is 4.77. The van der Waals surface area contributed by atoms with E-state index >= 15 is 0 Å². The fourth-order valence-corrected chi connectivity index (χ4v) is 3.53. The Hall–Kier alpha value is -1.26. The number of hydrogen-bond donors (Lipinski definition) is 0. The largest absolute Gasteiger partial charge is 0.466 e.